The predicted molar refractivity (Wildman–Crippen MR) is 72.7 cm³/mol. The highest BCUT2D eigenvalue weighted by molar-refractivity contribution is 7.89. The summed E-state index contributed by atoms with van der Waals surface area (Å²) in [5, 5.41) is 9.18. The first kappa shape index (κ1) is 15.9. The van der Waals surface area contributed by atoms with Crippen molar-refractivity contribution in [3.63, 3.8) is 0 Å². The number of sulfonamides is 1. The summed E-state index contributed by atoms with van der Waals surface area (Å²) in [6, 6.07) is 4.64. The van der Waals surface area contributed by atoms with Crippen LogP contribution in [0.15, 0.2) is 29.2 Å². The highest BCUT2D eigenvalue weighted by Crippen LogP contribution is 2.24. The Morgan fingerprint density at radius 2 is 1.84 bits per heavy atom. The molecule has 2 N–H and O–H groups in total. The van der Waals surface area contributed by atoms with Crippen molar-refractivity contribution < 1.29 is 18.3 Å². The Morgan fingerprint density at radius 1 is 1.32 bits per heavy atom. The Labute approximate surface area is 117 Å². The van der Waals surface area contributed by atoms with E-state index in [9.17, 15) is 13.2 Å². The summed E-state index contributed by atoms with van der Waals surface area (Å²) in [6.45, 7) is 4.92. The Balaban J connectivity index is 3.16. The summed E-state index contributed by atoms with van der Waals surface area (Å²) in [5.41, 5.74) is -0.764. The molecule has 7 heteroatoms. The van der Waals surface area contributed by atoms with Crippen molar-refractivity contribution in [3.8, 4) is 0 Å². The minimum absolute atomic E-state index is 0.0491. The number of aliphatic carboxylic acids is 1. The van der Waals surface area contributed by atoms with Gasteiger partial charge in [0.2, 0.25) is 10.0 Å². The summed E-state index contributed by atoms with van der Waals surface area (Å²) in [4.78, 5) is 11.0. The average Bonchev–Trinajstić information content (AvgIpc) is 2.24. The van der Waals surface area contributed by atoms with Gasteiger partial charge in [-0.1, -0.05) is 44.5 Å². The topological polar surface area (TPSA) is 83.5 Å². The maximum atomic E-state index is 12.2. The van der Waals surface area contributed by atoms with E-state index >= 15 is 0 Å². The predicted octanol–water partition coefficient (Wildman–Crippen LogP) is 2.12. The normalized spacial score (nSPS) is 14.1. The lowest BCUT2D eigenvalue weighted by atomic mass is 9.88. The van der Waals surface area contributed by atoms with Crippen molar-refractivity contribution in [2.45, 2.75) is 31.7 Å². The van der Waals surface area contributed by atoms with E-state index in [0.29, 0.717) is 0 Å². The Kier molecular flexibility index (Phi) is 4.60. The molecule has 0 aromatic heterocycles. The van der Waals surface area contributed by atoms with E-state index in [1.807, 2.05) is 0 Å². The zero-order valence-electron chi connectivity index (χ0n) is 10.8. The molecule has 0 aliphatic rings. The van der Waals surface area contributed by atoms with Gasteiger partial charge in [-0.15, -0.1) is 0 Å². The molecule has 0 fully saturated rings. The molecule has 1 unspecified atom stereocenters. The molecule has 0 bridgehead atoms. The highest BCUT2D eigenvalue weighted by Gasteiger charge is 2.35. The van der Waals surface area contributed by atoms with E-state index in [2.05, 4.69) is 4.72 Å². The maximum absolute atomic E-state index is 12.2. The minimum atomic E-state index is -3.98. The standard InChI is InChI=1S/C12H16ClNO4S/c1-12(2,3)10(11(15)16)14-19(17,18)9-7-5-4-6-8(9)13/h4-7,10,14H,1-3H3,(H,15,16). The van der Waals surface area contributed by atoms with E-state index in [-0.39, 0.29) is 9.92 Å². The first-order chi connectivity index (χ1) is 8.55. The average molecular weight is 306 g/mol. The molecule has 106 valence electrons. The number of carboxylic acids is 1. The molecular formula is C12H16ClNO4S. The summed E-state index contributed by atoms with van der Waals surface area (Å²) in [7, 11) is -3.98. The monoisotopic (exact) mass is 305 g/mol. The van der Waals surface area contributed by atoms with Crippen molar-refractivity contribution in [1.82, 2.24) is 4.72 Å². The number of carbonyl (C=O) groups is 1. The Bertz CT molecular complexity index is 578. The van der Waals surface area contributed by atoms with Gasteiger partial charge in [-0.3, -0.25) is 4.79 Å². The molecule has 0 aliphatic heterocycles. The first-order valence-electron chi connectivity index (χ1n) is 5.55. The van der Waals surface area contributed by atoms with E-state index in [4.69, 9.17) is 16.7 Å². The second kappa shape index (κ2) is 5.48. The van der Waals surface area contributed by atoms with Crippen LogP contribution in [0.5, 0.6) is 0 Å². The van der Waals surface area contributed by atoms with Crippen LogP contribution in [-0.2, 0) is 14.8 Å². The first-order valence-corrected chi connectivity index (χ1v) is 7.41. The number of benzene rings is 1. The molecule has 0 saturated heterocycles. The third-order valence-corrected chi connectivity index (χ3v) is 4.43. The molecule has 1 aromatic rings. The fourth-order valence-corrected chi connectivity index (χ4v) is 3.39. The molecular weight excluding hydrogens is 290 g/mol. The van der Waals surface area contributed by atoms with Crippen LogP contribution in [-0.4, -0.2) is 25.5 Å². The van der Waals surface area contributed by atoms with E-state index in [1.54, 1.807) is 26.8 Å². The molecule has 0 spiro atoms. The van der Waals surface area contributed by atoms with Gasteiger partial charge < -0.3 is 5.11 Å². The van der Waals surface area contributed by atoms with Crippen molar-refractivity contribution in [2.75, 3.05) is 0 Å². The zero-order valence-corrected chi connectivity index (χ0v) is 12.4. The Hall–Kier alpha value is -1.11. The molecule has 0 heterocycles. The van der Waals surface area contributed by atoms with E-state index in [0.717, 1.165) is 0 Å². The van der Waals surface area contributed by atoms with Gasteiger partial charge in [0.1, 0.15) is 10.9 Å². The lowest BCUT2D eigenvalue weighted by Crippen LogP contribution is -2.48. The van der Waals surface area contributed by atoms with Crippen LogP contribution in [0, 0.1) is 5.41 Å². The molecule has 5 nitrogen and oxygen atoms in total. The minimum Gasteiger partial charge on any atom is -0.480 e. The SMILES string of the molecule is CC(C)(C)C(NS(=O)(=O)c1ccccc1Cl)C(=O)O. The van der Waals surface area contributed by atoms with Crippen LogP contribution in [0.2, 0.25) is 5.02 Å². The molecule has 19 heavy (non-hydrogen) atoms. The molecule has 0 aliphatic carbocycles. The quantitative estimate of drug-likeness (QED) is 0.892. The number of rotatable bonds is 4. The molecule has 1 atom stereocenters. The van der Waals surface area contributed by atoms with Crippen LogP contribution in [0.3, 0.4) is 0 Å². The van der Waals surface area contributed by atoms with Crippen LogP contribution >= 0.6 is 11.6 Å². The van der Waals surface area contributed by atoms with Crippen molar-refractivity contribution in [1.29, 1.82) is 0 Å². The smallest absolute Gasteiger partial charge is 0.322 e. The number of nitrogens with one attached hydrogen (secondary N) is 1. The van der Waals surface area contributed by atoms with Crippen LogP contribution < -0.4 is 4.72 Å². The summed E-state index contributed by atoms with van der Waals surface area (Å²) < 4.78 is 26.5. The summed E-state index contributed by atoms with van der Waals surface area (Å²) in [5.74, 6) is -1.23. The molecule has 1 aromatic carbocycles. The lowest BCUT2D eigenvalue weighted by Gasteiger charge is -2.27. The largest absolute Gasteiger partial charge is 0.480 e. The van der Waals surface area contributed by atoms with Crippen LogP contribution in [0.25, 0.3) is 0 Å². The van der Waals surface area contributed by atoms with Gasteiger partial charge in [-0.2, -0.15) is 4.72 Å². The number of hydrogen-bond donors (Lipinski definition) is 2. The second-order valence-electron chi connectivity index (χ2n) is 5.19. The van der Waals surface area contributed by atoms with E-state index < -0.39 is 27.4 Å². The lowest BCUT2D eigenvalue weighted by molar-refractivity contribution is -0.141. The highest BCUT2D eigenvalue weighted by atomic mass is 35.5. The Morgan fingerprint density at radius 3 is 2.26 bits per heavy atom. The molecule has 0 amide bonds. The maximum Gasteiger partial charge on any atom is 0.322 e. The zero-order chi connectivity index (χ0) is 14.8. The van der Waals surface area contributed by atoms with Crippen LogP contribution in [0.4, 0.5) is 0 Å². The summed E-state index contributed by atoms with van der Waals surface area (Å²) >= 11 is 5.82. The van der Waals surface area contributed by atoms with Gasteiger partial charge in [0.25, 0.3) is 0 Å². The number of carboxylic acid groups (broad SMARTS) is 1. The van der Waals surface area contributed by atoms with Crippen molar-refractivity contribution in [2.24, 2.45) is 5.41 Å². The third-order valence-electron chi connectivity index (χ3n) is 2.51. The van der Waals surface area contributed by atoms with Crippen molar-refractivity contribution in [3.05, 3.63) is 29.3 Å². The number of halogens is 1. The van der Waals surface area contributed by atoms with Crippen LogP contribution in [0.1, 0.15) is 20.8 Å². The van der Waals surface area contributed by atoms with E-state index in [1.165, 1.54) is 18.2 Å². The van der Waals surface area contributed by atoms with Gasteiger partial charge in [0, 0.05) is 0 Å². The van der Waals surface area contributed by atoms with Gasteiger partial charge >= 0.3 is 5.97 Å². The molecule has 0 saturated carbocycles. The fraction of sp³-hybridized carbons (Fsp3) is 0.417. The third kappa shape index (κ3) is 3.92. The van der Waals surface area contributed by atoms with Gasteiger partial charge in [-0.25, -0.2) is 8.42 Å². The molecule has 1 rings (SSSR count). The van der Waals surface area contributed by atoms with Crippen molar-refractivity contribution >= 4 is 27.6 Å². The number of hydrogen-bond acceptors (Lipinski definition) is 3. The van der Waals surface area contributed by atoms with Gasteiger partial charge in [0.15, 0.2) is 0 Å². The molecule has 0 radical (unpaired) electrons. The van der Waals surface area contributed by atoms with Gasteiger partial charge in [0.05, 0.1) is 5.02 Å². The second-order valence-corrected chi connectivity index (χ2v) is 7.28. The summed E-state index contributed by atoms with van der Waals surface area (Å²) in [6.07, 6.45) is 0. The van der Waals surface area contributed by atoms with Gasteiger partial charge in [-0.05, 0) is 17.5 Å². The fourth-order valence-electron chi connectivity index (χ4n) is 1.48.